The minimum Gasteiger partial charge on any atom is -0.475 e. The third-order valence-electron chi connectivity index (χ3n) is 2.83. The van der Waals surface area contributed by atoms with Crippen molar-refractivity contribution in [2.24, 2.45) is 11.7 Å². The van der Waals surface area contributed by atoms with Gasteiger partial charge in [-0.05, 0) is 12.5 Å². The maximum Gasteiger partial charge on any atom is 0.228 e. The molecule has 0 aliphatic rings. The third-order valence-corrected chi connectivity index (χ3v) is 2.83. The van der Waals surface area contributed by atoms with E-state index in [1.54, 1.807) is 25.4 Å². The van der Waals surface area contributed by atoms with Gasteiger partial charge in [0.25, 0.3) is 0 Å². The summed E-state index contributed by atoms with van der Waals surface area (Å²) < 4.78 is 10.2. The highest BCUT2D eigenvalue weighted by Gasteiger charge is 2.15. The maximum absolute atomic E-state index is 12.0. The molecule has 0 radical (unpaired) electrons. The van der Waals surface area contributed by atoms with E-state index < -0.39 is 0 Å². The van der Waals surface area contributed by atoms with Gasteiger partial charge in [0.05, 0.1) is 24.4 Å². The zero-order valence-corrected chi connectivity index (χ0v) is 12.1. The van der Waals surface area contributed by atoms with Crippen molar-refractivity contribution in [3.63, 3.8) is 0 Å². The van der Waals surface area contributed by atoms with E-state index in [2.05, 4.69) is 10.3 Å². The van der Waals surface area contributed by atoms with Crippen LogP contribution in [0.15, 0.2) is 18.3 Å². The molecule has 0 bridgehead atoms. The lowest BCUT2D eigenvalue weighted by molar-refractivity contribution is -0.119. The number of hydrogen-bond donors (Lipinski definition) is 2. The van der Waals surface area contributed by atoms with E-state index in [1.165, 1.54) is 0 Å². The van der Waals surface area contributed by atoms with Gasteiger partial charge in [-0.15, -0.1) is 0 Å². The van der Waals surface area contributed by atoms with Gasteiger partial charge >= 0.3 is 0 Å². The van der Waals surface area contributed by atoms with E-state index >= 15 is 0 Å². The molecular weight excluding hydrogens is 258 g/mol. The number of carbonyl (C=O) groups excluding carboxylic acids is 1. The highest BCUT2D eigenvalue weighted by Crippen LogP contribution is 2.14. The summed E-state index contributed by atoms with van der Waals surface area (Å²) in [5, 5.41) is 2.81. The SMILES string of the molecule is CCCC(CN)C(=O)Nc1ccc(OCCOC)nc1. The molecule has 1 aromatic heterocycles. The van der Waals surface area contributed by atoms with E-state index in [4.69, 9.17) is 15.2 Å². The highest BCUT2D eigenvalue weighted by atomic mass is 16.5. The Morgan fingerprint density at radius 3 is 2.80 bits per heavy atom. The number of rotatable bonds is 9. The fourth-order valence-electron chi connectivity index (χ4n) is 1.72. The molecule has 0 saturated heterocycles. The van der Waals surface area contributed by atoms with Crippen molar-refractivity contribution in [3.05, 3.63) is 18.3 Å². The number of aromatic nitrogens is 1. The van der Waals surface area contributed by atoms with Crippen LogP contribution in [0, 0.1) is 5.92 Å². The molecule has 6 heteroatoms. The molecule has 0 aliphatic heterocycles. The number of anilines is 1. The summed E-state index contributed by atoms with van der Waals surface area (Å²) in [4.78, 5) is 16.1. The summed E-state index contributed by atoms with van der Waals surface area (Å²) >= 11 is 0. The molecule has 1 aromatic rings. The van der Waals surface area contributed by atoms with Gasteiger partial charge in [0.15, 0.2) is 0 Å². The van der Waals surface area contributed by atoms with Crippen LogP contribution in [-0.4, -0.2) is 37.8 Å². The molecule has 0 aromatic carbocycles. The second-order valence-corrected chi connectivity index (χ2v) is 4.44. The average Bonchev–Trinajstić information content (AvgIpc) is 2.46. The summed E-state index contributed by atoms with van der Waals surface area (Å²) in [6.07, 6.45) is 3.29. The van der Waals surface area contributed by atoms with Crippen LogP contribution in [0.2, 0.25) is 0 Å². The first-order chi connectivity index (χ1) is 9.71. The van der Waals surface area contributed by atoms with Crippen molar-refractivity contribution in [1.29, 1.82) is 0 Å². The van der Waals surface area contributed by atoms with Gasteiger partial charge in [0.1, 0.15) is 6.61 Å². The second-order valence-electron chi connectivity index (χ2n) is 4.44. The summed E-state index contributed by atoms with van der Waals surface area (Å²) in [6.45, 7) is 3.34. The summed E-state index contributed by atoms with van der Waals surface area (Å²) in [5.41, 5.74) is 6.24. The summed E-state index contributed by atoms with van der Waals surface area (Å²) in [5.74, 6) is 0.283. The molecule has 20 heavy (non-hydrogen) atoms. The Kier molecular flexibility index (Phi) is 7.60. The molecule has 6 nitrogen and oxygen atoms in total. The number of pyridine rings is 1. The van der Waals surface area contributed by atoms with Crippen molar-refractivity contribution in [2.75, 3.05) is 32.2 Å². The smallest absolute Gasteiger partial charge is 0.228 e. The first kappa shape index (κ1) is 16.4. The topological polar surface area (TPSA) is 86.5 Å². The molecular formula is C14H23N3O3. The van der Waals surface area contributed by atoms with Crippen LogP contribution in [0.25, 0.3) is 0 Å². The van der Waals surface area contributed by atoms with Gasteiger partial charge in [-0.1, -0.05) is 13.3 Å². The Morgan fingerprint density at radius 2 is 2.25 bits per heavy atom. The number of nitrogens with zero attached hydrogens (tertiary/aromatic N) is 1. The van der Waals surface area contributed by atoms with Crippen LogP contribution >= 0.6 is 0 Å². The normalized spacial score (nSPS) is 11.9. The van der Waals surface area contributed by atoms with Gasteiger partial charge in [-0.2, -0.15) is 0 Å². The molecule has 1 amide bonds. The Bertz CT molecular complexity index is 395. The Labute approximate surface area is 119 Å². The first-order valence-electron chi connectivity index (χ1n) is 6.80. The Hall–Kier alpha value is -1.66. The van der Waals surface area contributed by atoms with Crippen LogP contribution in [0.1, 0.15) is 19.8 Å². The summed E-state index contributed by atoms with van der Waals surface area (Å²) in [7, 11) is 1.61. The molecule has 1 atom stereocenters. The molecule has 0 spiro atoms. The molecule has 1 unspecified atom stereocenters. The molecule has 0 fully saturated rings. The molecule has 3 N–H and O–H groups in total. The van der Waals surface area contributed by atoms with Crippen molar-refractivity contribution in [3.8, 4) is 5.88 Å². The quantitative estimate of drug-likeness (QED) is 0.668. The van der Waals surface area contributed by atoms with Gasteiger partial charge in [-0.3, -0.25) is 4.79 Å². The monoisotopic (exact) mass is 281 g/mol. The molecule has 0 aliphatic carbocycles. The minimum atomic E-state index is -0.155. The van der Waals surface area contributed by atoms with Gasteiger partial charge in [0, 0.05) is 19.7 Å². The lowest BCUT2D eigenvalue weighted by atomic mass is 10.0. The maximum atomic E-state index is 12.0. The van der Waals surface area contributed by atoms with E-state index in [0.29, 0.717) is 31.3 Å². The molecule has 0 saturated carbocycles. The fourth-order valence-corrected chi connectivity index (χ4v) is 1.72. The molecule has 1 rings (SSSR count). The predicted octanol–water partition coefficient (Wildman–Crippen LogP) is 1.42. The number of hydrogen-bond acceptors (Lipinski definition) is 5. The van der Waals surface area contributed by atoms with Crippen LogP contribution in [-0.2, 0) is 9.53 Å². The van der Waals surface area contributed by atoms with Crippen LogP contribution in [0.3, 0.4) is 0 Å². The van der Waals surface area contributed by atoms with Gasteiger partial charge in [0.2, 0.25) is 11.8 Å². The predicted molar refractivity (Wildman–Crippen MR) is 77.7 cm³/mol. The van der Waals surface area contributed by atoms with E-state index in [9.17, 15) is 4.79 Å². The lowest BCUT2D eigenvalue weighted by Gasteiger charge is -2.13. The van der Waals surface area contributed by atoms with Crippen LogP contribution in [0.5, 0.6) is 5.88 Å². The highest BCUT2D eigenvalue weighted by molar-refractivity contribution is 5.92. The minimum absolute atomic E-state index is 0.0656. The molecule has 112 valence electrons. The summed E-state index contributed by atoms with van der Waals surface area (Å²) in [6, 6.07) is 3.47. The Morgan fingerprint density at radius 1 is 1.45 bits per heavy atom. The average molecular weight is 281 g/mol. The number of nitrogens with two attached hydrogens (primary N) is 1. The zero-order chi connectivity index (χ0) is 14.8. The zero-order valence-electron chi connectivity index (χ0n) is 12.1. The van der Waals surface area contributed by atoms with E-state index in [1.807, 2.05) is 6.92 Å². The van der Waals surface area contributed by atoms with Crippen molar-refractivity contribution in [2.45, 2.75) is 19.8 Å². The third kappa shape index (κ3) is 5.54. The van der Waals surface area contributed by atoms with Gasteiger partial charge in [-0.25, -0.2) is 4.98 Å². The van der Waals surface area contributed by atoms with Crippen molar-refractivity contribution >= 4 is 11.6 Å². The number of nitrogens with one attached hydrogen (secondary N) is 1. The van der Waals surface area contributed by atoms with Crippen LogP contribution in [0.4, 0.5) is 5.69 Å². The van der Waals surface area contributed by atoms with Gasteiger partial charge < -0.3 is 20.5 Å². The lowest BCUT2D eigenvalue weighted by Crippen LogP contribution is -2.29. The number of amides is 1. The van der Waals surface area contributed by atoms with Crippen molar-refractivity contribution in [1.82, 2.24) is 4.98 Å². The van der Waals surface area contributed by atoms with Crippen molar-refractivity contribution < 1.29 is 14.3 Å². The molecule has 1 heterocycles. The fraction of sp³-hybridized carbons (Fsp3) is 0.571. The standard InChI is InChI=1S/C14H23N3O3/c1-3-4-11(9-15)14(18)17-12-5-6-13(16-10-12)20-8-7-19-2/h5-6,10-11H,3-4,7-9,15H2,1-2H3,(H,17,18). The number of carbonyl (C=O) groups is 1. The first-order valence-corrected chi connectivity index (χ1v) is 6.80. The van der Waals surface area contributed by atoms with E-state index in [-0.39, 0.29) is 11.8 Å². The number of ether oxygens (including phenoxy) is 2. The second kappa shape index (κ2) is 9.28. The largest absolute Gasteiger partial charge is 0.475 e. The Balaban J connectivity index is 2.49. The van der Waals surface area contributed by atoms with Crippen LogP contribution < -0.4 is 15.8 Å². The number of methoxy groups -OCH3 is 1. The van der Waals surface area contributed by atoms with E-state index in [0.717, 1.165) is 12.8 Å².